The number of carbonyl (C=O) groups is 2. The summed E-state index contributed by atoms with van der Waals surface area (Å²) in [6, 6.07) is 0. The Bertz CT molecular complexity index is 336. The molecule has 0 unspecified atom stereocenters. The van der Waals surface area contributed by atoms with Gasteiger partial charge in [-0.2, -0.15) is 0 Å². The third-order valence-electron chi connectivity index (χ3n) is 4.13. The largest absolute Gasteiger partial charge is 0.436 e. The van der Waals surface area contributed by atoms with Crippen molar-refractivity contribution in [1.29, 1.82) is 0 Å². The number of rotatable bonds is 4. The lowest BCUT2D eigenvalue weighted by Crippen LogP contribution is -2.48. The van der Waals surface area contributed by atoms with Crippen molar-refractivity contribution in [2.75, 3.05) is 26.3 Å². The molecule has 6 nitrogen and oxygen atoms in total. The Morgan fingerprint density at radius 1 is 1.20 bits per heavy atom. The predicted molar refractivity (Wildman–Crippen MR) is 73.0 cm³/mol. The molecule has 1 aliphatic heterocycles. The highest BCUT2D eigenvalue weighted by Crippen LogP contribution is 2.28. The lowest BCUT2D eigenvalue weighted by molar-refractivity contribution is -0.145. The van der Waals surface area contributed by atoms with E-state index in [-0.39, 0.29) is 5.91 Å². The summed E-state index contributed by atoms with van der Waals surface area (Å²) in [6.45, 7) is 2.20. The number of morpholine rings is 1. The second-order valence-electron chi connectivity index (χ2n) is 5.60. The van der Waals surface area contributed by atoms with Crippen LogP contribution in [-0.2, 0) is 14.3 Å². The van der Waals surface area contributed by atoms with Crippen molar-refractivity contribution in [3.05, 3.63) is 0 Å². The summed E-state index contributed by atoms with van der Waals surface area (Å²) in [4.78, 5) is 25.2. The van der Waals surface area contributed by atoms with Crippen molar-refractivity contribution in [2.45, 2.75) is 44.6 Å². The summed E-state index contributed by atoms with van der Waals surface area (Å²) in [6.07, 6.45) is 4.86. The third-order valence-corrected chi connectivity index (χ3v) is 4.13. The van der Waals surface area contributed by atoms with E-state index in [1.165, 1.54) is 19.3 Å². The van der Waals surface area contributed by atoms with E-state index in [1.54, 1.807) is 4.90 Å². The van der Waals surface area contributed by atoms with Crippen LogP contribution in [0.1, 0.15) is 38.5 Å². The fraction of sp³-hybridized carbons (Fsp3) is 0.857. The summed E-state index contributed by atoms with van der Waals surface area (Å²) >= 11 is 0. The molecule has 2 N–H and O–H groups in total. The average molecular weight is 284 g/mol. The Labute approximate surface area is 119 Å². The van der Waals surface area contributed by atoms with Crippen LogP contribution in [0.5, 0.6) is 0 Å². The van der Waals surface area contributed by atoms with Crippen LogP contribution in [0.4, 0.5) is 4.79 Å². The van der Waals surface area contributed by atoms with Gasteiger partial charge in [0, 0.05) is 13.1 Å². The molecule has 0 aromatic rings. The van der Waals surface area contributed by atoms with Gasteiger partial charge >= 0.3 is 6.09 Å². The van der Waals surface area contributed by atoms with Crippen molar-refractivity contribution >= 4 is 12.0 Å². The summed E-state index contributed by atoms with van der Waals surface area (Å²) in [7, 11) is 0. The second-order valence-corrected chi connectivity index (χ2v) is 5.60. The van der Waals surface area contributed by atoms with Crippen LogP contribution >= 0.6 is 0 Å². The Morgan fingerprint density at radius 2 is 1.85 bits per heavy atom. The first kappa shape index (κ1) is 15.1. The molecule has 0 spiro atoms. The number of nitrogens with two attached hydrogens (primary N) is 1. The van der Waals surface area contributed by atoms with Gasteiger partial charge in [-0.15, -0.1) is 0 Å². The maximum Gasteiger partial charge on any atom is 0.405 e. The van der Waals surface area contributed by atoms with Crippen molar-refractivity contribution in [3.8, 4) is 0 Å². The van der Waals surface area contributed by atoms with E-state index < -0.39 is 12.2 Å². The summed E-state index contributed by atoms with van der Waals surface area (Å²) in [5.41, 5.74) is 5.11. The molecule has 0 radical (unpaired) electrons. The topological polar surface area (TPSA) is 81.9 Å². The van der Waals surface area contributed by atoms with Gasteiger partial charge in [0.2, 0.25) is 0 Å². The Morgan fingerprint density at radius 3 is 2.45 bits per heavy atom. The number of hydrogen-bond acceptors (Lipinski definition) is 4. The van der Waals surface area contributed by atoms with E-state index in [9.17, 15) is 9.59 Å². The Hall–Kier alpha value is -1.30. The van der Waals surface area contributed by atoms with Crippen LogP contribution in [-0.4, -0.2) is 49.3 Å². The van der Waals surface area contributed by atoms with E-state index in [4.69, 9.17) is 15.2 Å². The minimum Gasteiger partial charge on any atom is -0.436 e. The van der Waals surface area contributed by atoms with Crippen molar-refractivity contribution in [3.63, 3.8) is 0 Å². The standard InChI is InChI=1S/C14H24N2O4/c15-14(18)20-12(10-11-4-2-1-3-5-11)13(17)16-6-8-19-9-7-16/h11-12H,1-10H2,(H2,15,18)/t12-/m0/s1. The zero-order chi connectivity index (χ0) is 14.4. The molecule has 20 heavy (non-hydrogen) atoms. The summed E-state index contributed by atoms with van der Waals surface area (Å²) < 4.78 is 10.3. The molecule has 1 saturated carbocycles. The molecule has 114 valence electrons. The highest BCUT2D eigenvalue weighted by atomic mass is 16.6. The molecule has 1 heterocycles. The zero-order valence-corrected chi connectivity index (χ0v) is 11.9. The van der Waals surface area contributed by atoms with Crippen LogP contribution in [0.25, 0.3) is 0 Å². The first-order chi connectivity index (χ1) is 9.66. The van der Waals surface area contributed by atoms with Crippen LogP contribution < -0.4 is 5.73 Å². The molecular formula is C14H24N2O4. The van der Waals surface area contributed by atoms with Gasteiger partial charge in [-0.1, -0.05) is 32.1 Å². The van der Waals surface area contributed by atoms with Crippen LogP contribution in [0.2, 0.25) is 0 Å². The van der Waals surface area contributed by atoms with Crippen LogP contribution in [0.3, 0.4) is 0 Å². The fourth-order valence-electron chi connectivity index (χ4n) is 3.05. The molecule has 2 amide bonds. The van der Waals surface area contributed by atoms with Gasteiger partial charge < -0.3 is 20.1 Å². The molecule has 0 bridgehead atoms. The van der Waals surface area contributed by atoms with Crippen molar-refractivity contribution < 1.29 is 19.1 Å². The lowest BCUT2D eigenvalue weighted by Gasteiger charge is -2.32. The van der Waals surface area contributed by atoms with Crippen molar-refractivity contribution in [2.24, 2.45) is 11.7 Å². The number of ether oxygens (including phenoxy) is 2. The van der Waals surface area contributed by atoms with Gasteiger partial charge in [-0.25, -0.2) is 4.79 Å². The maximum absolute atomic E-state index is 12.4. The van der Waals surface area contributed by atoms with Crippen molar-refractivity contribution in [1.82, 2.24) is 4.90 Å². The summed E-state index contributed by atoms with van der Waals surface area (Å²) in [5.74, 6) is 0.329. The molecule has 1 saturated heterocycles. The quantitative estimate of drug-likeness (QED) is 0.843. The van der Waals surface area contributed by atoms with Gasteiger partial charge in [0.1, 0.15) is 0 Å². The molecular weight excluding hydrogens is 260 g/mol. The molecule has 1 atom stereocenters. The van der Waals surface area contributed by atoms with Gasteiger partial charge in [0.15, 0.2) is 6.10 Å². The predicted octanol–water partition coefficient (Wildman–Crippen LogP) is 1.28. The minimum atomic E-state index is -0.868. The second kappa shape index (κ2) is 7.47. The number of primary amides is 1. The van der Waals surface area contributed by atoms with Crippen LogP contribution in [0.15, 0.2) is 0 Å². The molecule has 0 aromatic heterocycles. The first-order valence-electron chi connectivity index (χ1n) is 7.49. The fourth-order valence-corrected chi connectivity index (χ4v) is 3.05. The van der Waals surface area contributed by atoms with Crippen LogP contribution in [0, 0.1) is 5.92 Å². The van der Waals surface area contributed by atoms with E-state index >= 15 is 0 Å². The lowest BCUT2D eigenvalue weighted by atomic mass is 9.85. The molecule has 2 aliphatic rings. The maximum atomic E-state index is 12.4. The zero-order valence-electron chi connectivity index (χ0n) is 11.9. The SMILES string of the molecule is NC(=O)O[C@@H](CC1CCCCC1)C(=O)N1CCOCC1. The third kappa shape index (κ3) is 4.37. The van der Waals surface area contributed by atoms with E-state index in [2.05, 4.69) is 0 Å². The van der Waals surface area contributed by atoms with E-state index in [0.29, 0.717) is 38.6 Å². The van der Waals surface area contributed by atoms with Gasteiger partial charge in [-0.05, 0) is 12.3 Å². The molecule has 2 rings (SSSR count). The van der Waals surface area contributed by atoms with E-state index in [0.717, 1.165) is 12.8 Å². The van der Waals surface area contributed by atoms with Gasteiger partial charge in [0.05, 0.1) is 13.2 Å². The monoisotopic (exact) mass is 284 g/mol. The number of nitrogens with zero attached hydrogens (tertiary/aromatic N) is 1. The average Bonchev–Trinajstić information content (AvgIpc) is 2.47. The highest BCUT2D eigenvalue weighted by Gasteiger charge is 2.31. The smallest absolute Gasteiger partial charge is 0.405 e. The molecule has 0 aromatic carbocycles. The highest BCUT2D eigenvalue weighted by molar-refractivity contribution is 5.83. The molecule has 2 fully saturated rings. The number of amides is 2. The van der Waals surface area contributed by atoms with Gasteiger partial charge in [-0.3, -0.25) is 4.79 Å². The minimum absolute atomic E-state index is 0.127. The normalized spacial score (nSPS) is 22.3. The Balaban J connectivity index is 1.93. The number of hydrogen-bond donors (Lipinski definition) is 1. The molecule has 6 heteroatoms. The van der Waals surface area contributed by atoms with Gasteiger partial charge in [0.25, 0.3) is 5.91 Å². The number of carbonyl (C=O) groups excluding carboxylic acids is 2. The summed E-state index contributed by atoms with van der Waals surface area (Å²) in [5, 5.41) is 0. The molecule has 1 aliphatic carbocycles. The van der Waals surface area contributed by atoms with E-state index in [1.807, 2.05) is 0 Å². The first-order valence-corrected chi connectivity index (χ1v) is 7.49. The Kier molecular flexibility index (Phi) is 5.64.